The van der Waals surface area contributed by atoms with Crippen molar-refractivity contribution < 1.29 is 13.5 Å². The average Bonchev–Trinajstić information content (AvgIpc) is 2.37. The lowest BCUT2D eigenvalue weighted by atomic mass is 10.1. The van der Waals surface area contributed by atoms with E-state index in [-0.39, 0.29) is 6.61 Å². The van der Waals surface area contributed by atoms with Gasteiger partial charge in [0.25, 0.3) is 0 Å². The third-order valence-electron chi connectivity index (χ3n) is 2.85. The Morgan fingerprint density at radius 2 is 1.83 bits per heavy atom. The van der Waals surface area contributed by atoms with Gasteiger partial charge in [-0.05, 0) is 25.5 Å². The first kappa shape index (κ1) is 14.9. The standard InChI is InChI=1S/C13H19NO3S/c1-13(2,11-15)14(3)18(16,17)10-9-12-7-5-4-6-8-12/h4-10,15H,11H2,1-3H3/b10-9+. The second-order valence-corrected chi connectivity index (χ2v) is 6.55. The van der Waals surface area contributed by atoms with E-state index in [1.165, 1.54) is 11.4 Å². The minimum absolute atomic E-state index is 0.234. The van der Waals surface area contributed by atoms with Crippen LogP contribution in [0.15, 0.2) is 35.7 Å². The van der Waals surface area contributed by atoms with Crippen LogP contribution >= 0.6 is 0 Å². The van der Waals surface area contributed by atoms with Gasteiger partial charge in [-0.3, -0.25) is 0 Å². The number of hydrogen-bond acceptors (Lipinski definition) is 3. The molecule has 1 aromatic carbocycles. The van der Waals surface area contributed by atoms with Crippen LogP contribution in [-0.2, 0) is 10.0 Å². The Hall–Kier alpha value is -1.17. The highest BCUT2D eigenvalue weighted by Gasteiger charge is 2.30. The zero-order valence-electron chi connectivity index (χ0n) is 10.9. The Morgan fingerprint density at radius 1 is 1.28 bits per heavy atom. The van der Waals surface area contributed by atoms with Gasteiger partial charge in [0, 0.05) is 12.5 Å². The molecule has 0 bridgehead atoms. The summed E-state index contributed by atoms with van der Waals surface area (Å²) in [6.07, 6.45) is 1.54. The molecule has 0 amide bonds. The van der Waals surface area contributed by atoms with Crippen molar-refractivity contribution in [3.8, 4) is 0 Å². The number of benzene rings is 1. The first-order valence-corrected chi connectivity index (χ1v) is 7.13. The average molecular weight is 269 g/mol. The van der Waals surface area contributed by atoms with E-state index in [0.717, 1.165) is 11.0 Å². The third-order valence-corrected chi connectivity index (χ3v) is 4.59. The highest BCUT2D eigenvalue weighted by atomic mass is 32.2. The van der Waals surface area contributed by atoms with Crippen molar-refractivity contribution in [2.75, 3.05) is 13.7 Å². The van der Waals surface area contributed by atoms with Crippen LogP contribution in [0.1, 0.15) is 19.4 Å². The zero-order chi connectivity index (χ0) is 13.8. The lowest BCUT2D eigenvalue weighted by Gasteiger charge is -2.31. The Morgan fingerprint density at radius 3 is 2.33 bits per heavy atom. The molecule has 1 N–H and O–H groups in total. The van der Waals surface area contributed by atoms with Crippen LogP contribution < -0.4 is 0 Å². The normalized spacial score (nSPS) is 13.4. The molecule has 0 unspecified atom stereocenters. The first-order chi connectivity index (χ1) is 8.29. The van der Waals surface area contributed by atoms with Gasteiger partial charge >= 0.3 is 0 Å². The quantitative estimate of drug-likeness (QED) is 0.885. The van der Waals surface area contributed by atoms with Gasteiger partial charge in [-0.15, -0.1) is 0 Å². The molecule has 4 nitrogen and oxygen atoms in total. The summed E-state index contributed by atoms with van der Waals surface area (Å²) in [5.74, 6) is 0. The predicted molar refractivity (Wildman–Crippen MR) is 73.3 cm³/mol. The van der Waals surface area contributed by atoms with E-state index < -0.39 is 15.6 Å². The van der Waals surface area contributed by atoms with Crippen molar-refractivity contribution in [3.05, 3.63) is 41.3 Å². The molecule has 0 saturated carbocycles. The monoisotopic (exact) mass is 269 g/mol. The number of hydrogen-bond donors (Lipinski definition) is 1. The van der Waals surface area contributed by atoms with Crippen LogP contribution in [0.5, 0.6) is 0 Å². The van der Waals surface area contributed by atoms with E-state index in [9.17, 15) is 13.5 Å². The minimum Gasteiger partial charge on any atom is -0.394 e. The van der Waals surface area contributed by atoms with Crippen LogP contribution in [-0.4, -0.2) is 37.0 Å². The molecule has 18 heavy (non-hydrogen) atoms. The van der Waals surface area contributed by atoms with Gasteiger partial charge in [-0.25, -0.2) is 8.42 Å². The van der Waals surface area contributed by atoms with Crippen molar-refractivity contribution >= 4 is 16.1 Å². The van der Waals surface area contributed by atoms with Crippen LogP contribution in [0, 0.1) is 0 Å². The molecule has 0 aliphatic heterocycles. The van der Waals surface area contributed by atoms with Gasteiger partial charge in [0.2, 0.25) is 10.0 Å². The van der Waals surface area contributed by atoms with Crippen molar-refractivity contribution in [1.29, 1.82) is 0 Å². The van der Waals surface area contributed by atoms with E-state index in [0.29, 0.717) is 0 Å². The molecule has 0 atom stereocenters. The molecular formula is C13H19NO3S. The van der Waals surface area contributed by atoms with Gasteiger partial charge in [0.15, 0.2) is 0 Å². The molecule has 0 heterocycles. The summed E-state index contributed by atoms with van der Waals surface area (Å²) < 4.78 is 25.2. The van der Waals surface area contributed by atoms with Crippen molar-refractivity contribution in [2.45, 2.75) is 19.4 Å². The van der Waals surface area contributed by atoms with E-state index in [4.69, 9.17) is 0 Å². The fourth-order valence-corrected chi connectivity index (χ4v) is 2.52. The third kappa shape index (κ3) is 3.66. The van der Waals surface area contributed by atoms with Crippen molar-refractivity contribution in [1.82, 2.24) is 4.31 Å². The topological polar surface area (TPSA) is 57.6 Å². The van der Waals surface area contributed by atoms with Gasteiger partial charge in [0.05, 0.1) is 12.1 Å². The fraction of sp³-hybridized carbons (Fsp3) is 0.385. The van der Waals surface area contributed by atoms with Gasteiger partial charge in [-0.2, -0.15) is 4.31 Å². The smallest absolute Gasteiger partial charge is 0.236 e. The number of likely N-dealkylation sites (N-methyl/N-ethyl adjacent to an activating group) is 1. The number of sulfonamides is 1. The van der Waals surface area contributed by atoms with E-state index >= 15 is 0 Å². The maximum absolute atomic E-state index is 12.0. The van der Waals surface area contributed by atoms with Gasteiger partial charge in [0.1, 0.15) is 0 Å². The van der Waals surface area contributed by atoms with Crippen LogP contribution in [0.4, 0.5) is 0 Å². The Balaban J connectivity index is 2.93. The van der Waals surface area contributed by atoms with Crippen molar-refractivity contribution in [3.63, 3.8) is 0 Å². The lowest BCUT2D eigenvalue weighted by Crippen LogP contribution is -2.46. The summed E-state index contributed by atoms with van der Waals surface area (Å²) in [5.41, 5.74) is -0.00358. The summed E-state index contributed by atoms with van der Waals surface area (Å²) in [7, 11) is -2.08. The molecule has 0 fully saturated rings. The van der Waals surface area contributed by atoms with Crippen molar-refractivity contribution in [2.24, 2.45) is 0 Å². The summed E-state index contributed by atoms with van der Waals surface area (Å²) in [4.78, 5) is 0. The Kier molecular flexibility index (Phi) is 4.67. The maximum atomic E-state index is 12.0. The summed E-state index contributed by atoms with van der Waals surface area (Å²) in [6.45, 7) is 3.10. The molecule has 0 saturated heterocycles. The largest absolute Gasteiger partial charge is 0.394 e. The zero-order valence-corrected chi connectivity index (χ0v) is 11.7. The lowest BCUT2D eigenvalue weighted by molar-refractivity contribution is 0.139. The number of aliphatic hydroxyl groups excluding tert-OH is 1. The van der Waals surface area contributed by atoms with Crippen LogP contribution in [0.3, 0.4) is 0 Å². The molecule has 0 radical (unpaired) electrons. The molecule has 0 spiro atoms. The number of rotatable bonds is 5. The summed E-state index contributed by atoms with van der Waals surface area (Å²) in [5, 5.41) is 10.3. The second kappa shape index (κ2) is 5.65. The molecule has 100 valence electrons. The van der Waals surface area contributed by atoms with E-state index in [1.807, 2.05) is 30.3 Å². The van der Waals surface area contributed by atoms with Gasteiger partial charge < -0.3 is 5.11 Å². The highest BCUT2D eigenvalue weighted by molar-refractivity contribution is 7.92. The Bertz CT molecular complexity index is 506. The number of nitrogens with zero attached hydrogens (tertiary/aromatic N) is 1. The maximum Gasteiger partial charge on any atom is 0.236 e. The first-order valence-electron chi connectivity index (χ1n) is 5.62. The molecule has 0 aliphatic carbocycles. The molecule has 0 aliphatic rings. The molecular weight excluding hydrogens is 250 g/mol. The molecule has 1 aromatic rings. The Labute approximate surface area is 109 Å². The number of aliphatic hydroxyl groups is 1. The molecule has 5 heteroatoms. The minimum atomic E-state index is -3.54. The second-order valence-electron chi connectivity index (χ2n) is 4.70. The predicted octanol–water partition coefficient (Wildman–Crippen LogP) is 1.69. The SMILES string of the molecule is CN(C(C)(C)CO)S(=O)(=O)/C=C/c1ccccc1. The van der Waals surface area contributed by atoms with E-state index in [1.54, 1.807) is 19.9 Å². The summed E-state index contributed by atoms with van der Waals surface area (Å²) in [6, 6.07) is 9.20. The van der Waals surface area contributed by atoms with Gasteiger partial charge in [-0.1, -0.05) is 30.3 Å². The molecule has 0 aromatic heterocycles. The highest BCUT2D eigenvalue weighted by Crippen LogP contribution is 2.17. The van der Waals surface area contributed by atoms with Crippen LogP contribution in [0.2, 0.25) is 0 Å². The fourth-order valence-electron chi connectivity index (χ4n) is 1.26. The molecule has 1 rings (SSSR count). The van der Waals surface area contributed by atoms with Crippen LogP contribution in [0.25, 0.3) is 6.08 Å². The van der Waals surface area contributed by atoms with E-state index in [2.05, 4.69) is 0 Å². The summed E-state index contributed by atoms with van der Waals surface area (Å²) >= 11 is 0.